The Morgan fingerprint density at radius 1 is 1.50 bits per heavy atom. The van der Waals surface area contributed by atoms with E-state index in [1.807, 2.05) is 6.07 Å². The summed E-state index contributed by atoms with van der Waals surface area (Å²) < 4.78 is 9.84. The highest BCUT2D eigenvalue weighted by Gasteiger charge is 2.20. The zero-order chi connectivity index (χ0) is 8.55. The van der Waals surface area contributed by atoms with Crippen molar-refractivity contribution in [3.05, 3.63) is 29.3 Å². The number of fused-ring (bicyclic) bond motifs is 1. The molecule has 0 unspecified atom stereocenters. The van der Waals surface area contributed by atoms with Crippen LogP contribution in [-0.4, -0.2) is 13.1 Å². The zero-order valence-corrected chi connectivity index (χ0v) is 6.66. The van der Waals surface area contributed by atoms with Crippen molar-refractivity contribution in [3.63, 3.8) is 0 Å². The van der Waals surface area contributed by atoms with E-state index in [9.17, 15) is 4.79 Å². The Morgan fingerprint density at radius 3 is 3.08 bits per heavy atom. The van der Waals surface area contributed by atoms with Crippen molar-refractivity contribution in [2.75, 3.05) is 7.11 Å². The van der Waals surface area contributed by atoms with Gasteiger partial charge in [0.2, 0.25) is 0 Å². The largest absolute Gasteiger partial charge is 0.497 e. The van der Waals surface area contributed by atoms with E-state index in [2.05, 4.69) is 0 Å². The van der Waals surface area contributed by atoms with Gasteiger partial charge in [-0.05, 0) is 18.2 Å². The number of carbonyl (C=O) groups is 1. The van der Waals surface area contributed by atoms with Gasteiger partial charge in [0.1, 0.15) is 12.4 Å². The van der Waals surface area contributed by atoms with E-state index < -0.39 is 0 Å². The van der Waals surface area contributed by atoms with Gasteiger partial charge in [0.15, 0.2) is 0 Å². The highest BCUT2D eigenvalue weighted by molar-refractivity contribution is 5.93. The molecule has 1 heterocycles. The van der Waals surface area contributed by atoms with Gasteiger partial charge in [-0.25, -0.2) is 4.79 Å². The van der Waals surface area contributed by atoms with Crippen LogP contribution in [0.1, 0.15) is 15.9 Å². The molecular weight excluding hydrogens is 156 g/mol. The van der Waals surface area contributed by atoms with Crippen molar-refractivity contribution in [1.29, 1.82) is 0 Å². The predicted octanol–water partition coefficient (Wildman–Crippen LogP) is 1.37. The molecule has 0 aliphatic carbocycles. The summed E-state index contributed by atoms with van der Waals surface area (Å²) in [6, 6.07) is 5.30. The second-order valence-electron chi connectivity index (χ2n) is 2.60. The maximum Gasteiger partial charge on any atom is 0.338 e. The number of cyclic esters (lactones) is 1. The normalized spacial score (nSPS) is 13.9. The number of esters is 1. The maximum atomic E-state index is 11.0. The number of carbonyl (C=O) groups excluding carboxylic acids is 1. The van der Waals surface area contributed by atoms with Crippen LogP contribution in [0.4, 0.5) is 0 Å². The molecule has 0 fully saturated rings. The van der Waals surface area contributed by atoms with Gasteiger partial charge < -0.3 is 9.47 Å². The summed E-state index contributed by atoms with van der Waals surface area (Å²) >= 11 is 0. The van der Waals surface area contributed by atoms with Gasteiger partial charge in [0, 0.05) is 5.56 Å². The van der Waals surface area contributed by atoms with Crippen LogP contribution in [0.25, 0.3) is 0 Å². The first kappa shape index (κ1) is 7.16. The van der Waals surface area contributed by atoms with Crippen molar-refractivity contribution in [2.45, 2.75) is 6.61 Å². The molecule has 0 radical (unpaired) electrons. The summed E-state index contributed by atoms with van der Waals surface area (Å²) in [7, 11) is 1.60. The first-order valence-corrected chi connectivity index (χ1v) is 3.65. The molecular formula is C9H8O3. The van der Waals surface area contributed by atoms with Gasteiger partial charge in [-0.3, -0.25) is 0 Å². The zero-order valence-electron chi connectivity index (χ0n) is 6.66. The molecule has 0 saturated carbocycles. The maximum absolute atomic E-state index is 11.0. The van der Waals surface area contributed by atoms with Gasteiger partial charge in [-0.15, -0.1) is 0 Å². The highest BCUT2D eigenvalue weighted by atomic mass is 16.5. The van der Waals surface area contributed by atoms with Gasteiger partial charge >= 0.3 is 5.97 Å². The Morgan fingerprint density at radius 2 is 2.33 bits per heavy atom. The molecule has 1 aromatic rings. The molecule has 1 aliphatic heterocycles. The van der Waals surface area contributed by atoms with E-state index >= 15 is 0 Å². The number of ether oxygens (including phenoxy) is 2. The lowest BCUT2D eigenvalue weighted by atomic mass is 10.1. The minimum atomic E-state index is -0.243. The first-order valence-electron chi connectivity index (χ1n) is 3.65. The van der Waals surface area contributed by atoms with Crippen LogP contribution in [0.3, 0.4) is 0 Å². The van der Waals surface area contributed by atoms with E-state index in [0.717, 1.165) is 11.3 Å². The number of hydrogen-bond donors (Lipinski definition) is 0. The van der Waals surface area contributed by atoms with Crippen LogP contribution in [0.15, 0.2) is 18.2 Å². The Hall–Kier alpha value is -1.51. The quantitative estimate of drug-likeness (QED) is 0.588. The van der Waals surface area contributed by atoms with Crippen LogP contribution in [0.5, 0.6) is 5.75 Å². The lowest BCUT2D eigenvalue weighted by Gasteiger charge is -1.99. The lowest BCUT2D eigenvalue weighted by molar-refractivity contribution is 0.0535. The fourth-order valence-corrected chi connectivity index (χ4v) is 1.24. The third kappa shape index (κ3) is 0.942. The second-order valence-corrected chi connectivity index (χ2v) is 2.60. The molecule has 2 rings (SSSR count). The van der Waals surface area contributed by atoms with E-state index in [1.54, 1.807) is 19.2 Å². The standard InChI is InChI=1S/C9H8O3/c1-11-7-2-3-8-6(4-7)5-12-9(8)10/h2-4H,5H2,1H3. The van der Waals surface area contributed by atoms with Crippen LogP contribution in [0.2, 0.25) is 0 Å². The number of hydrogen-bond acceptors (Lipinski definition) is 3. The van der Waals surface area contributed by atoms with Crippen LogP contribution < -0.4 is 4.74 Å². The second kappa shape index (κ2) is 2.52. The molecule has 0 aromatic heterocycles. The summed E-state index contributed by atoms with van der Waals surface area (Å²) in [6.45, 7) is 0.366. The molecule has 12 heavy (non-hydrogen) atoms. The third-order valence-electron chi connectivity index (χ3n) is 1.89. The van der Waals surface area contributed by atoms with Crippen molar-refractivity contribution < 1.29 is 14.3 Å². The average Bonchev–Trinajstić information content (AvgIpc) is 2.47. The lowest BCUT2D eigenvalue weighted by Crippen LogP contribution is -1.93. The molecule has 3 nitrogen and oxygen atoms in total. The molecule has 3 heteroatoms. The van der Waals surface area contributed by atoms with Crippen molar-refractivity contribution in [3.8, 4) is 5.75 Å². The summed E-state index contributed by atoms with van der Waals surface area (Å²) in [5.41, 5.74) is 1.55. The van der Waals surface area contributed by atoms with Crippen molar-refractivity contribution in [2.24, 2.45) is 0 Å². The molecule has 1 aromatic carbocycles. The van der Waals surface area contributed by atoms with Crippen molar-refractivity contribution >= 4 is 5.97 Å². The summed E-state index contributed by atoms with van der Waals surface area (Å²) in [6.07, 6.45) is 0. The van der Waals surface area contributed by atoms with Crippen LogP contribution in [0, 0.1) is 0 Å². The molecule has 0 atom stereocenters. The van der Waals surface area contributed by atoms with Gasteiger partial charge in [0.25, 0.3) is 0 Å². The van der Waals surface area contributed by atoms with Crippen LogP contribution >= 0.6 is 0 Å². The molecule has 1 aliphatic rings. The number of methoxy groups -OCH3 is 1. The Labute approximate surface area is 69.9 Å². The number of rotatable bonds is 1. The van der Waals surface area contributed by atoms with Gasteiger partial charge in [-0.1, -0.05) is 0 Å². The monoisotopic (exact) mass is 164 g/mol. The summed E-state index contributed by atoms with van der Waals surface area (Å²) in [4.78, 5) is 11.0. The van der Waals surface area contributed by atoms with E-state index in [1.165, 1.54) is 0 Å². The van der Waals surface area contributed by atoms with Gasteiger partial charge in [-0.2, -0.15) is 0 Å². The fraction of sp³-hybridized carbons (Fsp3) is 0.222. The van der Waals surface area contributed by atoms with Crippen LogP contribution in [-0.2, 0) is 11.3 Å². The Bertz CT molecular complexity index is 331. The van der Waals surface area contributed by atoms with E-state index in [4.69, 9.17) is 9.47 Å². The molecule has 62 valence electrons. The number of benzene rings is 1. The smallest absolute Gasteiger partial charge is 0.338 e. The predicted molar refractivity (Wildman–Crippen MR) is 42.1 cm³/mol. The topological polar surface area (TPSA) is 35.5 Å². The van der Waals surface area contributed by atoms with E-state index in [-0.39, 0.29) is 5.97 Å². The first-order chi connectivity index (χ1) is 5.81. The molecule has 0 N–H and O–H groups in total. The highest BCUT2D eigenvalue weighted by Crippen LogP contribution is 2.23. The van der Waals surface area contributed by atoms with Gasteiger partial charge in [0.05, 0.1) is 12.7 Å². The third-order valence-corrected chi connectivity index (χ3v) is 1.89. The van der Waals surface area contributed by atoms with Crippen molar-refractivity contribution in [1.82, 2.24) is 0 Å². The molecule has 0 bridgehead atoms. The summed E-state index contributed by atoms with van der Waals surface area (Å²) in [5.74, 6) is 0.514. The minimum absolute atomic E-state index is 0.243. The SMILES string of the molecule is COc1ccc2c(c1)COC2=O. The average molecular weight is 164 g/mol. The van der Waals surface area contributed by atoms with E-state index in [0.29, 0.717) is 12.2 Å². The molecule has 0 amide bonds. The minimum Gasteiger partial charge on any atom is -0.497 e. The summed E-state index contributed by atoms with van der Waals surface area (Å²) in [5, 5.41) is 0. The molecule has 0 spiro atoms. The Balaban J connectivity index is 2.48. The Kier molecular flexibility index (Phi) is 1.50. The fourth-order valence-electron chi connectivity index (χ4n) is 1.24. The molecule has 0 saturated heterocycles.